The fourth-order valence-electron chi connectivity index (χ4n) is 2.59. The van der Waals surface area contributed by atoms with E-state index in [4.69, 9.17) is 0 Å². The van der Waals surface area contributed by atoms with Crippen LogP contribution in [0.5, 0.6) is 0 Å². The Balaban J connectivity index is 1.79. The first kappa shape index (κ1) is 14.7. The summed E-state index contributed by atoms with van der Waals surface area (Å²) in [5.74, 6) is 0. The molecule has 3 nitrogen and oxygen atoms in total. The molecule has 1 saturated carbocycles. The van der Waals surface area contributed by atoms with Crippen molar-refractivity contribution < 1.29 is 5.11 Å². The fourth-order valence-corrected chi connectivity index (χ4v) is 2.97. The van der Waals surface area contributed by atoms with Crippen molar-refractivity contribution in [3.63, 3.8) is 0 Å². The van der Waals surface area contributed by atoms with Crippen LogP contribution in [-0.2, 0) is 0 Å². The molecule has 0 heterocycles. The lowest BCUT2D eigenvalue weighted by Gasteiger charge is -2.24. The Bertz CT molecular complexity index is 363. The van der Waals surface area contributed by atoms with Crippen molar-refractivity contribution in [2.24, 2.45) is 0 Å². The maximum absolute atomic E-state index is 10.2. The van der Waals surface area contributed by atoms with Crippen molar-refractivity contribution >= 4 is 17.6 Å². The summed E-state index contributed by atoms with van der Waals surface area (Å²) in [7, 11) is 0. The maximum atomic E-state index is 10.2. The Kier molecular flexibility index (Phi) is 6.01. The van der Waals surface area contributed by atoms with Gasteiger partial charge in [-0.1, -0.05) is 43.3 Å². The van der Waals surface area contributed by atoms with E-state index < -0.39 is 6.10 Å². The Hall–Kier alpha value is -0.710. The van der Waals surface area contributed by atoms with Crippen LogP contribution in [0.4, 0.5) is 5.69 Å². The van der Waals surface area contributed by atoms with Gasteiger partial charge in [0.1, 0.15) is 0 Å². The molecule has 0 spiro atoms. The molecule has 2 rings (SSSR count). The zero-order valence-electron chi connectivity index (χ0n) is 11.6. The van der Waals surface area contributed by atoms with Crippen molar-refractivity contribution in [2.75, 3.05) is 17.5 Å². The first-order chi connectivity index (χ1) is 9.29. The van der Waals surface area contributed by atoms with Crippen LogP contribution in [0.1, 0.15) is 43.8 Å². The van der Waals surface area contributed by atoms with Crippen molar-refractivity contribution in [3.05, 3.63) is 29.8 Å². The third-order valence-corrected chi connectivity index (χ3v) is 4.16. The second kappa shape index (κ2) is 7.78. The predicted molar refractivity (Wildman–Crippen MR) is 83.4 cm³/mol. The average molecular weight is 280 g/mol. The summed E-state index contributed by atoms with van der Waals surface area (Å²) in [4.78, 5) is 0. The van der Waals surface area contributed by atoms with E-state index >= 15 is 0 Å². The molecule has 19 heavy (non-hydrogen) atoms. The molecule has 0 saturated heterocycles. The van der Waals surface area contributed by atoms with E-state index in [-0.39, 0.29) is 0 Å². The topological polar surface area (TPSA) is 44.3 Å². The maximum Gasteiger partial charge on any atom is 0.0914 e. The third-order valence-electron chi connectivity index (χ3n) is 3.72. The molecule has 1 aliphatic rings. The van der Waals surface area contributed by atoms with Gasteiger partial charge in [-0.15, -0.1) is 0 Å². The highest BCUT2D eigenvalue weighted by atomic mass is 32.2. The first-order valence-electron chi connectivity index (χ1n) is 7.10. The van der Waals surface area contributed by atoms with Gasteiger partial charge in [0.25, 0.3) is 0 Å². The van der Waals surface area contributed by atoms with Crippen LogP contribution in [-0.4, -0.2) is 23.9 Å². The van der Waals surface area contributed by atoms with Gasteiger partial charge in [0, 0.05) is 24.5 Å². The number of hydrogen-bond donors (Lipinski definition) is 3. The molecule has 1 aliphatic carbocycles. The quantitative estimate of drug-likeness (QED) is 0.699. The van der Waals surface area contributed by atoms with Crippen LogP contribution in [0, 0.1) is 0 Å². The van der Waals surface area contributed by atoms with Gasteiger partial charge >= 0.3 is 0 Å². The monoisotopic (exact) mass is 280 g/mol. The second-order valence-electron chi connectivity index (χ2n) is 5.19. The van der Waals surface area contributed by atoms with Gasteiger partial charge in [0.15, 0.2) is 0 Å². The molecule has 106 valence electrons. The van der Waals surface area contributed by atoms with Gasteiger partial charge in [0.2, 0.25) is 0 Å². The third kappa shape index (κ3) is 4.71. The highest BCUT2D eigenvalue weighted by Gasteiger charge is 2.15. The minimum Gasteiger partial charge on any atom is -0.387 e. The molecule has 4 heteroatoms. The number of anilines is 1. The molecule has 3 N–H and O–H groups in total. The summed E-state index contributed by atoms with van der Waals surface area (Å²) in [6, 6.07) is 8.60. The Morgan fingerprint density at radius 2 is 1.89 bits per heavy atom. The van der Waals surface area contributed by atoms with E-state index in [1.54, 1.807) is 11.9 Å². The second-order valence-corrected chi connectivity index (χ2v) is 5.80. The molecule has 1 aromatic carbocycles. The van der Waals surface area contributed by atoms with Gasteiger partial charge in [-0.25, -0.2) is 0 Å². The SMILES string of the molecule is CSNc1ccc(C(O)CNC2CCCCC2)cc1. The number of nitrogens with one attached hydrogen (secondary N) is 2. The zero-order valence-corrected chi connectivity index (χ0v) is 12.4. The average Bonchev–Trinajstić information content (AvgIpc) is 2.47. The van der Waals surface area contributed by atoms with Crippen LogP contribution < -0.4 is 10.0 Å². The van der Waals surface area contributed by atoms with Gasteiger partial charge in [0.05, 0.1) is 6.10 Å². The molecule has 0 amide bonds. The minimum absolute atomic E-state index is 0.412. The lowest BCUT2D eigenvalue weighted by Crippen LogP contribution is -2.34. The smallest absolute Gasteiger partial charge is 0.0914 e. The van der Waals surface area contributed by atoms with Crippen LogP contribution >= 0.6 is 11.9 Å². The van der Waals surface area contributed by atoms with Crippen molar-refractivity contribution in [3.8, 4) is 0 Å². The molecule has 1 fully saturated rings. The van der Waals surface area contributed by atoms with Crippen molar-refractivity contribution in [1.82, 2.24) is 5.32 Å². The minimum atomic E-state index is -0.412. The fraction of sp³-hybridized carbons (Fsp3) is 0.600. The van der Waals surface area contributed by atoms with E-state index in [1.807, 2.05) is 30.5 Å². The number of hydrogen-bond acceptors (Lipinski definition) is 4. The van der Waals surface area contributed by atoms with Crippen molar-refractivity contribution in [1.29, 1.82) is 0 Å². The van der Waals surface area contributed by atoms with Crippen LogP contribution in [0.15, 0.2) is 24.3 Å². The molecular formula is C15H24N2OS. The summed E-state index contributed by atoms with van der Waals surface area (Å²) < 4.78 is 3.18. The lowest BCUT2D eigenvalue weighted by atomic mass is 9.95. The van der Waals surface area contributed by atoms with Gasteiger partial charge in [-0.05, 0) is 30.5 Å². The molecule has 1 atom stereocenters. The molecule has 1 aromatic rings. The zero-order chi connectivity index (χ0) is 13.5. The lowest BCUT2D eigenvalue weighted by molar-refractivity contribution is 0.165. The summed E-state index contributed by atoms with van der Waals surface area (Å²) in [5.41, 5.74) is 2.05. The van der Waals surface area contributed by atoms with Crippen LogP contribution in [0.25, 0.3) is 0 Å². The summed E-state index contributed by atoms with van der Waals surface area (Å²) in [6.07, 6.45) is 8.10. The molecule has 0 bridgehead atoms. The number of aliphatic hydroxyl groups excluding tert-OH is 1. The Labute approximate surface area is 120 Å². The van der Waals surface area contributed by atoms with Crippen LogP contribution in [0.3, 0.4) is 0 Å². The summed E-state index contributed by atoms with van der Waals surface area (Å²) in [6.45, 7) is 0.653. The molecule has 0 radical (unpaired) electrons. The van der Waals surface area contributed by atoms with E-state index in [0.29, 0.717) is 12.6 Å². The predicted octanol–water partition coefficient (Wildman–Crippen LogP) is 3.33. The largest absolute Gasteiger partial charge is 0.387 e. The number of aliphatic hydroxyl groups is 1. The highest BCUT2D eigenvalue weighted by Crippen LogP contribution is 2.20. The van der Waals surface area contributed by atoms with E-state index in [0.717, 1.165) is 11.3 Å². The first-order valence-corrected chi connectivity index (χ1v) is 8.32. The summed E-state index contributed by atoms with van der Waals surface area (Å²) in [5, 5.41) is 13.7. The number of benzene rings is 1. The van der Waals surface area contributed by atoms with Gasteiger partial charge < -0.3 is 15.1 Å². The standard InChI is InChI=1S/C15H24N2OS/c1-19-17-14-9-7-12(8-10-14)15(18)11-16-13-5-3-2-4-6-13/h7-10,13,15-18H,2-6,11H2,1H3. The van der Waals surface area contributed by atoms with Gasteiger partial charge in [-0.3, -0.25) is 0 Å². The molecule has 0 aromatic heterocycles. The summed E-state index contributed by atoms with van der Waals surface area (Å²) >= 11 is 1.57. The highest BCUT2D eigenvalue weighted by molar-refractivity contribution is 7.99. The molecular weight excluding hydrogens is 256 g/mol. The van der Waals surface area contributed by atoms with E-state index in [1.165, 1.54) is 32.1 Å². The Morgan fingerprint density at radius 1 is 1.21 bits per heavy atom. The van der Waals surface area contributed by atoms with Gasteiger partial charge in [-0.2, -0.15) is 0 Å². The van der Waals surface area contributed by atoms with E-state index in [9.17, 15) is 5.11 Å². The van der Waals surface area contributed by atoms with Crippen LogP contribution in [0.2, 0.25) is 0 Å². The van der Waals surface area contributed by atoms with E-state index in [2.05, 4.69) is 10.0 Å². The molecule has 1 unspecified atom stereocenters. The molecule has 0 aliphatic heterocycles. The van der Waals surface area contributed by atoms with Crippen molar-refractivity contribution in [2.45, 2.75) is 44.2 Å². The number of rotatable bonds is 6. The Morgan fingerprint density at radius 3 is 2.53 bits per heavy atom. The normalized spacial score (nSPS) is 18.2.